The van der Waals surface area contributed by atoms with E-state index in [0.29, 0.717) is 16.2 Å². The Kier molecular flexibility index (Phi) is 4.27. The lowest BCUT2D eigenvalue weighted by Crippen LogP contribution is -2.40. The fraction of sp³-hybridized carbons (Fsp3) is 0.533. The molecule has 0 aliphatic rings. The molecule has 2 heterocycles. The third-order valence-electron chi connectivity index (χ3n) is 3.30. The highest BCUT2D eigenvalue weighted by molar-refractivity contribution is 7.90. The van der Waals surface area contributed by atoms with Gasteiger partial charge in [0, 0.05) is 20.9 Å². The standard InChI is InChI=1S/C15H22N2O3S2/c1-8-9(2)16-20-13(8)12-10(3)21-11(4)14(12)22(18,19)17-15(5,6)7/h17H,1-7H3. The summed E-state index contributed by atoms with van der Waals surface area (Å²) in [7, 11) is -3.64. The molecule has 2 aromatic heterocycles. The number of thiophene rings is 1. The molecule has 5 nitrogen and oxygen atoms in total. The van der Waals surface area contributed by atoms with Gasteiger partial charge in [-0.05, 0) is 48.5 Å². The van der Waals surface area contributed by atoms with Crippen LogP contribution in [0.2, 0.25) is 0 Å². The zero-order valence-electron chi connectivity index (χ0n) is 14.0. The van der Waals surface area contributed by atoms with Crippen molar-refractivity contribution in [3.63, 3.8) is 0 Å². The first-order chi connectivity index (χ1) is 9.94. The lowest BCUT2D eigenvalue weighted by Gasteiger charge is -2.21. The number of hydrogen-bond acceptors (Lipinski definition) is 5. The van der Waals surface area contributed by atoms with Crippen LogP contribution >= 0.6 is 11.3 Å². The molecule has 2 rings (SSSR count). The van der Waals surface area contributed by atoms with E-state index in [4.69, 9.17) is 4.52 Å². The summed E-state index contributed by atoms with van der Waals surface area (Å²) in [4.78, 5) is 1.95. The first kappa shape index (κ1) is 17.2. The molecule has 0 aliphatic carbocycles. The van der Waals surface area contributed by atoms with Gasteiger partial charge in [0.2, 0.25) is 10.0 Å². The van der Waals surface area contributed by atoms with Gasteiger partial charge in [0.15, 0.2) is 5.76 Å². The molecule has 0 aliphatic heterocycles. The van der Waals surface area contributed by atoms with E-state index in [1.54, 1.807) is 0 Å². The fourth-order valence-corrected chi connectivity index (χ4v) is 5.62. The molecule has 7 heteroatoms. The van der Waals surface area contributed by atoms with Crippen LogP contribution in [0.5, 0.6) is 0 Å². The largest absolute Gasteiger partial charge is 0.356 e. The molecule has 0 aromatic carbocycles. The third-order valence-corrected chi connectivity index (χ3v) is 6.38. The van der Waals surface area contributed by atoms with Crippen molar-refractivity contribution >= 4 is 21.4 Å². The molecular formula is C15H22N2O3S2. The molecule has 22 heavy (non-hydrogen) atoms. The van der Waals surface area contributed by atoms with E-state index < -0.39 is 15.6 Å². The molecule has 0 fully saturated rings. The average Bonchev–Trinajstić information content (AvgIpc) is 2.77. The van der Waals surface area contributed by atoms with Gasteiger partial charge in [-0.15, -0.1) is 11.3 Å². The SMILES string of the molecule is Cc1noc(-c2c(C)sc(C)c2S(=O)(=O)NC(C)(C)C)c1C. The van der Waals surface area contributed by atoms with Crippen LogP contribution in [0.25, 0.3) is 11.3 Å². The minimum atomic E-state index is -3.64. The minimum Gasteiger partial charge on any atom is -0.356 e. The van der Waals surface area contributed by atoms with E-state index in [9.17, 15) is 8.42 Å². The summed E-state index contributed by atoms with van der Waals surface area (Å²) >= 11 is 1.45. The van der Waals surface area contributed by atoms with Gasteiger partial charge in [0.25, 0.3) is 0 Å². The van der Waals surface area contributed by atoms with Crippen molar-refractivity contribution in [3.8, 4) is 11.3 Å². The lowest BCUT2D eigenvalue weighted by atomic mass is 10.1. The van der Waals surface area contributed by atoms with Crippen LogP contribution < -0.4 is 4.72 Å². The van der Waals surface area contributed by atoms with Crippen molar-refractivity contribution in [2.45, 2.75) is 58.9 Å². The maximum Gasteiger partial charge on any atom is 0.242 e. The quantitative estimate of drug-likeness (QED) is 0.923. The third kappa shape index (κ3) is 3.11. The summed E-state index contributed by atoms with van der Waals surface area (Å²) in [5.74, 6) is 0.536. The van der Waals surface area contributed by atoms with Crippen LogP contribution in [0.1, 0.15) is 41.8 Å². The Balaban J connectivity index is 2.71. The maximum absolute atomic E-state index is 12.8. The van der Waals surface area contributed by atoms with Gasteiger partial charge in [-0.25, -0.2) is 13.1 Å². The normalized spacial score (nSPS) is 12.9. The molecule has 2 aromatic rings. The number of sulfonamides is 1. The molecule has 0 saturated carbocycles. The summed E-state index contributed by atoms with van der Waals surface area (Å²) in [5.41, 5.74) is 1.71. The van der Waals surface area contributed by atoms with E-state index in [1.807, 2.05) is 48.5 Å². The number of hydrogen-bond donors (Lipinski definition) is 1. The highest BCUT2D eigenvalue weighted by atomic mass is 32.2. The molecule has 122 valence electrons. The van der Waals surface area contributed by atoms with Crippen LogP contribution in [0.3, 0.4) is 0 Å². The maximum atomic E-state index is 12.8. The highest BCUT2D eigenvalue weighted by Gasteiger charge is 2.32. The van der Waals surface area contributed by atoms with Crippen LogP contribution in [-0.2, 0) is 10.0 Å². The zero-order chi connectivity index (χ0) is 16.9. The van der Waals surface area contributed by atoms with Gasteiger partial charge in [-0.1, -0.05) is 5.16 Å². The topological polar surface area (TPSA) is 72.2 Å². The number of aryl methyl sites for hydroxylation is 3. The summed E-state index contributed by atoms with van der Waals surface area (Å²) < 4.78 is 33.8. The number of rotatable bonds is 3. The zero-order valence-corrected chi connectivity index (χ0v) is 15.6. The summed E-state index contributed by atoms with van der Waals surface area (Å²) in [6.07, 6.45) is 0. The number of nitrogens with one attached hydrogen (secondary N) is 1. The molecule has 0 radical (unpaired) electrons. The molecule has 0 spiro atoms. The van der Waals surface area contributed by atoms with E-state index in [2.05, 4.69) is 9.88 Å². The molecule has 0 atom stereocenters. The van der Waals surface area contributed by atoms with Crippen molar-refractivity contribution in [1.82, 2.24) is 9.88 Å². The molecular weight excluding hydrogens is 320 g/mol. The Hall–Kier alpha value is -1.18. The first-order valence-corrected chi connectivity index (χ1v) is 9.31. The van der Waals surface area contributed by atoms with Gasteiger partial charge in [-0.3, -0.25) is 0 Å². The Morgan fingerprint density at radius 2 is 1.68 bits per heavy atom. The van der Waals surface area contributed by atoms with Gasteiger partial charge >= 0.3 is 0 Å². The predicted molar refractivity (Wildman–Crippen MR) is 88.8 cm³/mol. The van der Waals surface area contributed by atoms with Gasteiger partial charge in [0.05, 0.1) is 11.3 Å². The monoisotopic (exact) mass is 342 g/mol. The van der Waals surface area contributed by atoms with E-state index >= 15 is 0 Å². The Morgan fingerprint density at radius 3 is 2.14 bits per heavy atom. The molecule has 0 amide bonds. The molecule has 0 saturated heterocycles. The first-order valence-electron chi connectivity index (χ1n) is 7.01. The van der Waals surface area contributed by atoms with Crippen LogP contribution in [0.15, 0.2) is 9.42 Å². The summed E-state index contributed by atoms with van der Waals surface area (Å²) in [5, 5.41) is 3.96. The van der Waals surface area contributed by atoms with Gasteiger partial charge in [-0.2, -0.15) is 0 Å². The number of aromatic nitrogens is 1. The van der Waals surface area contributed by atoms with Crippen molar-refractivity contribution in [2.24, 2.45) is 0 Å². The minimum absolute atomic E-state index is 0.296. The van der Waals surface area contributed by atoms with E-state index in [1.165, 1.54) is 11.3 Å². The van der Waals surface area contributed by atoms with Crippen molar-refractivity contribution in [2.75, 3.05) is 0 Å². The predicted octanol–water partition coefficient (Wildman–Crippen LogP) is 3.71. The second-order valence-corrected chi connectivity index (χ2v) is 9.54. The Labute approximate surface area is 135 Å². The van der Waals surface area contributed by atoms with Crippen molar-refractivity contribution in [1.29, 1.82) is 0 Å². The Bertz CT molecular complexity index is 809. The van der Waals surface area contributed by atoms with E-state index in [0.717, 1.165) is 21.0 Å². The second-order valence-electron chi connectivity index (χ2n) is 6.50. The van der Waals surface area contributed by atoms with Crippen molar-refractivity contribution in [3.05, 3.63) is 21.0 Å². The molecule has 0 bridgehead atoms. The summed E-state index contributed by atoms with van der Waals surface area (Å²) in [6, 6.07) is 0. The fourth-order valence-electron chi connectivity index (χ4n) is 2.35. The van der Waals surface area contributed by atoms with Crippen LogP contribution in [-0.4, -0.2) is 19.1 Å². The van der Waals surface area contributed by atoms with Crippen LogP contribution in [0.4, 0.5) is 0 Å². The van der Waals surface area contributed by atoms with E-state index in [-0.39, 0.29) is 0 Å². The average molecular weight is 342 g/mol. The van der Waals surface area contributed by atoms with Gasteiger partial charge in [0.1, 0.15) is 4.90 Å². The van der Waals surface area contributed by atoms with Crippen LogP contribution in [0, 0.1) is 27.7 Å². The Morgan fingerprint density at radius 1 is 1.09 bits per heavy atom. The van der Waals surface area contributed by atoms with Gasteiger partial charge < -0.3 is 4.52 Å². The van der Waals surface area contributed by atoms with Crippen molar-refractivity contribution < 1.29 is 12.9 Å². The number of nitrogens with zero attached hydrogens (tertiary/aromatic N) is 1. The smallest absolute Gasteiger partial charge is 0.242 e. The molecule has 0 unspecified atom stereocenters. The molecule has 1 N–H and O–H groups in total. The second kappa shape index (κ2) is 5.47. The lowest BCUT2D eigenvalue weighted by molar-refractivity contribution is 0.425. The highest BCUT2D eigenvalue weighted by Crippen LogP contribution is 2.41. The summed E-state index contributed by atoms with van der Waals surface area (Å²) in [6.45, 7) is 12.9.